The van der Waals surface area contributed by atoms with Crippen LogP contribution in [0.3, 0.4) is 0 Å². The first-order chi connectivity index (χ1) is 9.15. The van der Waals surface area contributed by atoms with Gasteiger partial charge in [-0.25, -0.2) is 0 Å². The predicted octanol–water partition coefficient (Wildman–Crippen LogP) is 2.73. The molecule has 1 aromatic heterocycles. The molecule has 3 heteroatoms. The van der Waals surface area contributed by atoms with Crippen molar-refractivity contribution in [3.05, 3.63) is 29.6 Å². The van der Waals surface area contributed by atoms with Crippen molar-refractivity contribution in [1.29, 1.82) is 0 Å². The first-order valence-electron chi connectivity index (χ1n) is 7.52. The third kappa shape index (κ3) is 4.59. The zero-order chi connectivity index (χ0) is 13.7. The Bertz CT molecular complexity index is 391. The lowest BCUT2D eigenvalue weighted by molar-refractivity contribution is 0.235. The highest BCUT2D eigenvalue weighted by atomic mass is 15.1. The van der Waals surface area contributed by atoms with Crippen molar-refractivity contribution in [2.24, 2.45) is 11.7 Å². The van der Waals surface area contributed by atoms with Crippen LogP contribution in [-0.2, 0) is 6.54 Å². The second-order valence-corrected chi connectivity index (χ2v) is 6.03. The largest absolute Gasteiger partial charge is 0.327 e. The van der Waals surface area contributed by atoms with Crippen LogP contribution in [0.15, 0.2) is 18.2 Å². The summed E-state index contributed by atoms with van der Waals surface area (Å²) in [5.41, 5.74) is 8.55. The number of pyridine rings is 1. The molecule has 1 heterocycles. The third-order valence-corrected chi connectivity index (χ3v) is 4.14. The van der Waals surface area contributed by atoms with Gasteiger partial charge in [0.25, 0.3) is 0 Å². The first kappa shape index (κ1) is 14.5. The lowest BCUT2D eigenvalue weighted by Crippen LogP contribution is -2.37. The zero-order valence-electron chi connectivity index (χ0n) is 12.3. The van der Waals surface area contributed by atoms with Crippen molar-refractivity contribution < 1.29 is 0 Å². The minimum absolute atomic E-state index is 0.385. The van der Waals surface area contributed by atoms with Gasteiger partial charge in [-0.05, 0) is 44.9 Å². The lowest BCUT2D eigenvalue weighted by Gasteiger charge is -2.27. The number of hydrogen-bond acceptors (Lipinski definition) is 3. The quantitative estimate of drug-likeness (QED) is 0.847. The molecule has 0 amide bonds. The Balaban J connectivity index is 1.87. The highest BCUT2D eigenvalue weighted by Crippen LogP contribution is 2.23. The number of aryl methyl sites for hydroxylation is 1. The molecule has 1 aliphatic rings. The summed E-state index contributed by atoms with van der Waals surface area (Å²) in [5.74, 6) is 0.650. The van der Waals surface area contributed by atoms with E-state index in [1.807, 2.05) is 13.0 Å². The first-order valence-corrected chi connectivity index (χ1v) is 7.52. The second-order valence-electron chi connectivity index (χ2n) is 6.03. The standard InChI is InChI=1S/C16H27N3/c1-13-7-6-9-15(18-13)12-19(2)11-14-8-4-3-5-10-16(14)17/h6-7,9,14,16H,3-5,8,10-12,17H2,1-2H3. The van der Waals surface area contributed by atoms with Gasteiger partial charge in [-0.15, -0.1) is 0 Å². The van der Waals surface area contributed by atoms with Gasteiger partial charge in [0, 0.05) is 24.8 Å². The van der Waals surface area contributed by atoms with E-state index in [2.05, 4.69) is 29.1 Å². The molecule has 19 heavy (non-hydrogen) atoms. The van der Waals surface area contributed by atoms with Gasteiger partial charge in [0.2, 0.25) is 0 Å². The minimum atomic E-state index is 0.385. The summed E-state index contributed by atoms with van der Waals surface area (Å²) in [6, 6.07) is 6.62. The van der Waals surface area contributed by atoms with Gasteiger partial charge in [-0.2, -0.15) is 0 Å². The van der Waals surface area contributed by atoms with E-state index in [0.29, 0.717) is 12.0 Å². The molecule has 0 aliphatic heterocycles. The molecule has 1 saturated carbocycles. The molecule has 106 valence electrons. The maximum Gasteiger partial charge on any atom is 0.0547 e. The highest BCUT2D eigenvalue weighted by Gasteiger charge is 2.21. The Hall–Kier alpha value is -0.930. The van der Waals surface area contributed by atoms with Gasteiger partial charge < -0.3 is 10.6 Å². The fraction of sp³-hybridized carbons (Fsp3) is 0.688. The second kappa shape index (κ2) is 7.01. The number of nitrogens with zero attached hydrogens (tertiary/aromatic N) is 2. The molecule has 3 nitrogen and oxygen atoms in total. The van der Waals surface area contributed by atoms with Crippen LogP contribution in [0, 0.1) is 12.8 Å². The summed E-state index contributed by atoms with van der Waals surface area (Å²) in [5, 5.41) is 0. The smallest absolute Gasteiger partial charge is 0.0547 e. The lowest BCUT2D eigenvalue weighted by atomic mass is 9.95. The number of aromatic nitrogens is 1. The van der Waals surface area contributed by atoms with Crippen molar-refractivity contribution in [2.45, 2.75) is 51.6 Å². The van der Waals surface area contributed by atoms with E-state index in [-0.39, 0.29) is 0 Å². The summed E-state index contributed by atoms with van der Waals surface area (Å²) in [6.45, 7) is 4.06. The summed E-state index contributed by atoms with van der Waals surface area (Å²) in [7, 11) is 2.18. The normalized spacial score (nSPS) is 24.4. The Labute approximate surface area is 117 Å². The Morgan fingerprint density at radius 2 is 2.05 bits per heavy atom. The van der Waals surface area contributed by atoms with Crippen LogP contribution >= 0.6 is 0 Å². The Morgan fingerprint density at radius 1 is 1.26 bits per heavy atom. The molecule has 1 aliphatic carbocycles. The summed E-state index contributed by atoms with van der Waals surface area (Å²) in [4.78, 5) is 6.94. The maximum atomic E-state index is 6.30. The summed E-state index contributed by atoms with van der Waals surface area (Å²) < 4.78 is 0. The van der Waals surface area contributed by atoms with Crippen LogP contribution in [0.5, 0.6) is 0 Å². The molecule has 0 aromatic carbocycles. The molecular formula is C16H27N3. The summed E-state index contributed by atoms with van der Waals surface area (Å²) >= 11 is 0. The molecule has 0 spiro atoms. The molecule has 2 N–H and O–H groups in total. The highest BCUT2D eigenvalue weighted by molar-refractivity contribution is 5.09. The monoisotopic (exact) mass is 261 g/mol. The SMILES string of the molecule is Cc1cccc(CN(C)CC2CCCCCC2N)n1. The van der Waals surface area contributed by atoms with E-state index < -0.39 is 0 Å². The molecule has 0 radical (unpaired) electrons. The molecular weight excluding hydrogens is 234 g/mol. The van der Waals surface area contributed by atoms with Gasteiger partial charge in [-0.3, -0.25) is 4.98 Å². The Kier molecular flexibility index (Phi) is 5.34. The van der Waals surface area contributed by atoms with Crippen LogP contribution in [0.25, 0.3) is 0 Å². The molecule has 2 rings (SSSR count). The molecule has 1 aromatic rings. The van der Waals surface area contributed by atoms with Crippen molar-refractivity contribution in [1.82, 2.24) is 9.88 Å². The van der Waals surface area contributed by atoms with Crippen LogP contribution in [0.2, 0.25) is 0 Å². The molecule has 0 saturated heterocycles. The molecule has 2 unspecified atom stereocenters. The van der Waals surface area contributed by atoms with Crippen LogP contribution in [-0.4, -0.2) is 29.5 Å². The van der Waals surface area contributed by atoms with Crippen LogP contribution < -0.4 is 5.73 Å². The van der Waals surface area contributed by atoms with E-state index >= 15 is 0 Å². The molecule has 0 bridgehead atoms. The maximum absolute atomic E-state index is 6.30. The van der Waals surface area contributed by atoms with Crippen molar-refractivity contribution in [3.63, 3.8) is 0 Å². The number of nitrogens with two attached hydrogens (primary N) is 1. The van der Waals surface area contributed by atoms with E-state index in [0.717, 1.165) is 24.5 Å². The summed E-state index contributed by atoms with van der Waals surface area (Å²) in [6.07, 6.45) is 6.48. The Morgan fingerprint density at radius 3 is 2.84 bits per heavy atom. The van der Waals surface area contributed by atoms with Gasteiger partial charge in [0.1, 0.15) is 0 Å². The zero-order valence-corrected chi connectivity index (χ0v) is 12.3. The van der Waals surface area contributed by atoms with E-state index in [9.17, 15) is 0 Å². The van der Waals surface area contributed by atoms with Crippen molar-refractivity contribution >= 4 is 0 Å². The van der Waals surface area contributed by atoms with Gasteiger partial charge in [0.05, 0.1) is 5.69 Å². The predicted molar refractivity (Wildman–Crippen MR) is 79.9 cm³/mol. The fourth-order valence-corrected chi connectivity index (χ4v) is 3.07. The third-order valence-electron chi connectivity index (χ3n) is 4.14. The van der Waals surface area contributed by atoms with Gasteiger partial charge in [0.15, 0.2) is 0 Å². The van der Waals surface area contributed by atoms with Gasteiger partial charge in [-0.1, -0.05) is 25.3 Å². The number of hydrogen-bond donors (Lipinski definition) is 1. The molecule has 2 atom stereocenters. The topological polar surface area (TPSA) is 42.1 Å². The molecule has 1 fully saturated rings. The van der Waals surface area contributed by atoms with Crippen molar-refractivity contribution in [2.75, 3.05) is 13.6 Å². The van der Waals surface area contributed by atoms with Gasteiger partial charge >= 0.3 is 0 Å². The fourth-order valence-electron chi connectivity index (χ4n) is 3.07. The van der Waals surface area contributed by atoms with E-state index in [1.54, 1.807) is 0 Å². The van der Waals surface area contributed by atoms with E-state index in [1.165, 1.54) is 32.1 Å². The minimum Gasteiger partial charge on any atom is -0.327 e. The van der Waals surface area contributed by atoms with Crippen molar-refractivity contribution in [3.8, 4) is 0 Å². The van der Waals surface area contributed by atoms with E-state index in [4.69, 9.17) is 5.73 Å². The van der Waals surface area contributed by atoms with Crippen LogP contribution in [0.4, 0.5) is 0 Å². The average molecular weight is 261 g/mol. The number of rotatable bonds is 4. The van der Waals surface area contributed by atoms with Crippen LogP contribution in [0.1, 0.15) is 43.5 Å². The average Bonchev–Trinajstić information content (AvgIpc) is 2.55.